The van der Waals surface area contributed by atoms with E-state index in [9.17, 15) is 0 Å². The van der Waals surface area contributed by atoms with Gasteiger partial charge in [-0.2, -0.15) is 5.10 Å². The van der Waals surface area contributed by atoms with Crippen LogP contribution >= 0.6 is 0 Å². The molecule has 5 heterocycles. The summed E-state index contributed by atoms with van der Waals surface area (Å²) >= 11 is 0. The zero-order chi connectivity index (χ0) is 30.8. The number of hydrogen-bond acceptors (Lipinski definition) is 9. The molecule has 3 N–H and O–H groups in total. The molecule has 0 spiro atoms. The van der Waals surface area contributed by atoms with Crippen LogP contribution in [0.3, 0.4) is 0 Å². The van der Waals surface area contributed by atoms with E-state index < -0.39 is 0 Å². The Hall–Kier alpha value is -5.29. The minimum absolute atomic E-state index is 0.107. The standard InChI is InChI=1S/C34H36N10O/c1-22-18-37-34(40-30-16-23(2)43(3)42-30)41-32(22)27-19-36-33-26(27)10-7-11-28(33)35-13-15-44-14-12-25(20-44)45-31-17-29(38-21-39-31)24-8-5-4-6-9-24/h4-11,16-19,21,25,35-36H,12-15,20H2,1-3H3,(H,37,40,41,42)/t25-/m0/s1. The zero-order valence-corrected chi connectivity index (χ0v) is 25.7. The van der Waals surface area contributed by atoms with Gasteiger partial charge in [0.15, 0.2) is 5.82 Å². The highest BCUT2D eigenvalue weighted by Crippen LogP contribution is 2.33. The molecule has 6 aromatic rings. The number of likely N-dealkylation sites (tertiary alicyclic amines) is 1. The summed E-state index contributed by atoms with van der Waals surface area (Å²) in [4.78, 5) is 24.0. The quantitative estimate of drug-likeness (QED) is 0.181. The minimum atomic E-state index is 0.107. The van der Waals surface area contributed by atoms with Crippen molar-refractivity contribution in [3.05, 3.63) is 90.6 Å². The van der Waals surface area contributed by atoms with Crippen molar-refractivity contribution < 1.29 is 4.74 Å². The number of para-hydroxylation sites is 1. The minimum Gasteiger partial charge on any atom is -0.473 e. The van der Waals surface area contributed by atoms with Gasteiger partial charge in [0.05, 0.1) is 22.6 Å². The lowest BCUT2D eigenvalue weighted by Crippen LogP contribution is -2.29. The maximum absolute atomic E-state index is 6.25. The van der Waals surface area contributed by atoms with Gasteiger partial charge >= 0.3 is 0 Å². The Morgan fingerprint density at radius 2 is 1.91 bits per heavy atom. The van der Waals surface area contributed by atoms with Crippen LogP contribution in [-0.4, -0.2) is 71.9 Å². The van der Waals surface area contributed by atoms with E-state index in [0.29, 0.717) is 11.8 Å². The van der Waals surface area contributed by atoms with Gasteiger partial charge in [0.25, 0.3) is 0 Å². The third-order valence-electron chi connectivity index (χ3n) is 8.27. The fourth-order valence-corrected chi connectivity index (χ4v) is 5.80. The van der Waals surface area contributed by atoms with E-state index in [1.165, 1.54) is 0 Å². The predicted molar refractivity (Wildman–Crippen MR) is 177 cm³/mol. The van der Waals surface area contributed by atoms with E-state index in [0.717, 1.165) is 88.8 Å². The Bertz CT molecular complexity index is 1910. The van der Waals surface area contributed by atoms with Crippen LogP contribution in [0.1, 0.15) is 17.7 Å². The van der Waals surface area contributed by atoms with E-state index in [1.54, 1.807) is 6.33 Å². The Morgan fingerprint density at radius 1 is 1.02 bits per heavy atom. The average Bonchev–Trinajstić information content (AvgIpc) is 3.77. The van der Waals surface area contributed by atoms with E-state index in [1.807, 2.05) is 80.4 Å². The summed E-state index contributed by atoms with van der Waals surface area (Å²) in [7, 11) is 1.92. The molecule has 1 aliphatic heterocycles. The molecule has 0 amide bonds. The van der Waals surface area contributed by atoms with Gasteiger partial charge in [-0.3, -0.25) is 9.58 Å². The van der Waals surface area contributed by atoms with Crippen molar-refractivity contribution in [3.8, 4) is 28.4 Å². The van der Waals surface area contributed by atoms with Crippen molar-refractivity contribution in [2.24, 2.45) is 7.05 Å². The highest BCUT2D eigenvalue weighted by Gasteiger charge is 2.24. The second-order valence-electron chi connectivity index (χ2n) is 11.4. The molecule has 0 bridgehead atoms. The second-order valence-corrected chi connectivity index (χ2v) is 11.4. The van der Waals surface area contributed by atoms with Crippen LogP contribution in [0.25, 0.3) is 33.4 Å². The average molecular weight is 601 g/mol. The number of aromatic amines is 1. The Morgan fingerprint density at radius 3 is 2.76 bits per heavy atom. The summed E-state index contributed by atoms with van der Waals surface area (Å²) in [6.07, 6.45) is 6.52. The molecule has 1 saturated heterocycles. The van der Waals surface area contributed by atoms with Crippen molar-refractivity contribution in [3.63, 3.8) is 0 Å². The van der Waals surface area contributed by atoms with Crippen LogP contribution in [0.4, 0.5) is 17.5 Å². The SMILES string of the molecule is Cc1cnc(Nc2cc(C)n(C)n2)nc1-c1c[nH]c2c(NCCN3CC[C@H](Oc4cc(-c5ccccc5)ncn4)C3)cccc12. The largest absolute Gasteiger partial charge is 0.473 e. The maximum atomic E-state index is 6.25. The molecule has 1 atom stereocenters. The van der Waals surface area contributed by atoms with Crippen molar-refractivity contribution in [2.45, 2.75) is 26.4 Å². The molecule has 228 valence electrons. The summed E-state index contributed by atoms with van der Waals surface area (Å²) in [5, 5.41) is 12.5. The monoisotopic (exact) mass is 600 g/mol. The van der Waals surface area contributed by atoms with E-state index in [-0.39, 0.29) is 6.10 Å². The van der Waals surface area contributed by atoms with Crippen molar-refractivity contribution in [1.82, 2.24) is 39.6 Å². The van der Waals surface area contributed by atoms with Gasteiger partial charge in [-0.25, -0.2) is 19.9 Å². The number of H-pyrrole nitrogens is 1. The third-order valence-corrected chi connectivity index (χ3v) is 8.27. The molecule has 4 aromatic heterocycles. The summed E-state index contributed by atoms with van der Waals surface area (Å²) in [5.74, 6) is 1.86. The molecular weight excluding hydrogens is 564 g/mol. The first-order chi connectivity index (χ1) is 22.0. The lowest BCUT2D eigenvalue weighted by Gasteiger charge is -2.17. The smallest absolute Gasteiger partial charge is 0.228 e. The van der Waals surface area contributed by atoms with Gasteiger partial charge in [-0.15, -0.1) is 0 Å². The molecule has 2 aromatic carbocycles. The molecular formula is C34H36N10O. The number of aryl methyl sites for hydroxylation is 3. The lowest BCUT2D eigenvalue weighted by molar-refractivity contribution is 0.194. The van der Waals surface area contributed by atoms with E-state index >= 15 is 0 Å². The van der Waals surface area contributed by atoms with Crippen LogP contribution < -0.4 is 15.4 Å². The van der Waals surface area contributed by atoms with Gasteiger partial charge in [0.2, 0.25) is 11.8 Å². The van der Waals surface area contributed by atoms with Gasteiger partial charge in [-0.05, 0) is 31.9 Å². The van der Waals surface area contributed by atoms with Crippen molar-refractivity contribution in [2.75, 3.05) is 36.8 Å². The third kappa shape index (κ3) is 6.20. The van der Waals surface area contributed by atoms with Gasteiger partial charge in [0.1, 0.15) is 12.4 Å². The maximum Gasteiger partial charge on any atom is 0.228 e. The molecule has 11 heteroatoms. The van der Waals surface area contributed by atoms with Crippen LogP contribution in [0.5, 0.6) is 5.88 Å². The molecule has 0 radical (unpaired) electrons. The number of hydrogen-bond donors (Lipinski definition) is 3. The van der Waals surface area contributed by atoms with Crippen LogP contribution in [-0.2, 0) is 7.05 Å². The molecule has 0 saturated carbocycles. The summed E-state index contributed by atoms with van der Waals surface area (Å²) in [5.41, 5.74) is 8.01. The number of nitrogens with one attached hydrogen (secondary N) is 3. The fourth-order valence-electron chi connectivity index (χ4n) is 5.80. The fraction of sp³-hybridized carbons (Fsp3) is 0.265. The van der Waals surface area contributed by atoms with Gasteiger partial charge in [-0.1, -0.05) is 42.5 Å². The normalized spacial score (nSPS) is 15.0. The van der Waals surface area contributed by atoms with Crippen molar-refractivity contribution >= 4 is 28.4 Å². The number of ether oxygens (including phenoxy) is 1. The van der Waals surface area contributed by atoms with Crippen LogP contribution in [0, 0.1) is 13.8 Å². The van der Waals surface area contributed by atoms with Gasteiger partial charge in [0, 0.05) is 80.0 Å². The first-order valence-electron chi connectivity index (χ1n) is 15.2. The summed E-state index contributed by atoms with van der Waals surface area (Å²) < 4.78 is 8.08. The molecule has 0 aliphatic carbocycles. The number of fused-ring (bicyclic) bond motifs is 1. The van der Waals surface area contributed by atoms with Crippen molar-refractivity contribution in [1.29, 1.82) is 0 Å². The Labute approximate surface area is 261 Å². The highest BCUT2D eigenvalue weighted by molar-refractivity contribution is 6.01. The number of aromatic nitrogens is 7. The molecule has 7 rings (SSSR count). The number of nitrogens with zero attached hydrogens (tertiary/aromatic N) is 7. The molecule has 0 unspecified atom stereocenters. The predicted octanol–water partition coefficient (Wildman–Crippen LogP) is 5.74. The Kier molecular flexibility index (Phi) is 7.83. The Balaban J connectivity index is 0.978. The first-order valence-corrected chi connectivity index (χ1v) is 15.2. The number of rotatable bonds is 10. The number of benzene rings is 2. The van der Waals surface area contributed by atoms with E-state index in [2.05, 4.69) is 58.8 Å². The zero-order valence-electron chi connectivity index (χ0n) is 25.7. The van der Waals surface area contributed by atoms with Crippen LogP contribution in [0.15, 0.2) is 79.4 Å². The first kappa shape index (κ1) is 28.5. The number of anilines is 3. The molecule has 11 nitrogen and oxygen atoms in total. The lowest BCUT2D eigenvalue weighted by atomic mass is 10.1. The summed E-state index contributed by atoms with van der Waals surface area (Å²) in [6, 6.07) is 20.3. The molecule has 1 fully saturated rings. The van der Waals surface area contributed by atoms with Gasteiger partial charge < -0.3 is 20.4 Å². The summed E-state index contributed by atoms with van der Waals surface area (Å²) in [6.45, 7) is 7.62. The van der Waals surface area contributed by atoms with E-state index in [4.69, 9.17) is 9.72 Å². The topological polar surface area (TPSA) is 122 Å². The second kappa shape index (κ2) is 12.4. The molecule has 45 heavy (non-hydrogen) atoms. The van der Waals surface area contributed by atoms with Crippen LogP contribution in [0.2, 0.25) is 0 Å². The molecule has 1 aliphatic rings. The highest BCUT2D eigenvalue weighted by atomic mass is 16.5.